The lowest BCUT2D eigenvalue weighted by Crippen LogP contribution is -2.41. The maximum absolute atomic E-state index is 12.8. The van der Waals surface area contributed by atoms with Crippen LogP contribution in [0.4, 0.5) is 22.2 Å². The van der Waals surface area contributed by atoms with Gasteiger partial charge in [0.2, 0.25) is 5.95 Å². The summed E-state index contributed by atoms with van der Waals surface area (Å²) in [6.07, 6.45) is 4.18. The zero-order valence-electron chi connectivity index (χ0n) is 54.9. The van der Waals surface area contributed by atoms with E-state index in [1.807, 2.05) is 38.1 Å². The van der Waals surface area contributed by atoms with Gasteiger partial charge in [-0.15, -0.1) is 0 Å². The van der Waals surface area contributed by atoms with Crippen LogP contribution in [-0.2, 0) is 90.6 Å². The molecule has 0 saturated heterocycles. The van der Waals surface area contributed by atoms with Crippen LogP contribution in [0.5, 0.6) is 0 Å². The number of hydrogen-bond acceptors (Lipinski definition) is 27. The van der Waals surface area contributed by atoms with Crippen LogP contribution in [-0.4, -0.2) is 248 Å². The van der Waals surface area contributed by atoms with Crippen LogP contribution in [0.25, 0.3) is 33.1 Å². The SMILES string of the molecule is CCCCc1nc2c(N)nc3ccccc3c2n1CC(C)(C)OC(=O)OCCOCCOCCOCCOCCOCCOCCOCCOCCOCCOCCOCCOCCNCCCC(NC(=O)c1ccc(NCc2cnc3nc(N)[nH]c(=O)c3n2)cc1)C(=O)O. The predicted molar refractivity (Wildman–Crippen MR) is 352 cm³/mol. The number of amides is 1. The van der Waals surface area contributed by atoms with Crippen molar-refractivity contribution in [3.63, 3.8) is 0 Å². The number of H-pyrrole nitrogens is 1. The third-order valence-electron chi connectivity index (χ3n) is 13.9. The van der Waals surface area contributed by atoms with Crippen molar-refractivity contribution in [2.75, 3.05) is 195 Å². The van der Waals surface area contributed by atoms with E-state index >= 15 is 0 Å². The topological polar surface area (TPSA) is 391 Å². The lowest BCUT2D eigenvalue weighted by Gasteiger charge is -2.26. The highest BCUT2D eigenvalue weighted by Gasteiger charge is 2.29. The normalized spacial score (nSPS) is 12.1. The zero-order valence-corrected chi connectivity index (χ0v) is 54.9. The molecule has 0 aliphatic rings. The van der Waals surface area contributed by atoms with Crippen molar-refractivity contribution in [1.29, 1.82) is 0 Å². The van der Waals surface area contributed by atoms with Gasteiger partial charge in [0.15, 0.2) is 17.0 Å². The quantitative estimate of drug-likeness (QED) is 0.0209. The predicted octanol–water partition coefficient (Wildman–Crippen LogP) is 4.11. The number of carbonyl (C=O) groups excluding carboxylic acids is 2. The number of pyridine rings is 1. The van der Waals surface area contributed by atoms with E-state index in [9.17, 15) is 24.3 Å². The summed E-state index contributed by atoms with van der Waals surface area (Å²) < 4.78 is 79.7. The van der Waals surface area contributed by atoms with Crippen molar-refractivity contribution >= 4 is 68.6 Å². The van der Waals surface area contributed by atoms with Crippen molar-refractivity contribution in [3.8, 4) is 0 Å². The second-order valence-corrected chi connectivity index (χ2v) is 21.9. The molecule has 31 heteroatoms. The molecule has 0 fully saturated rings. The van der Waals surface area contributed by atoms with Gasteiger partial charge < -0.3 is 103 Å². The maximum atomic E-state index is 12.8. The first-order valence-electron chi connectivity index (χ1n) is 32.2. The van der Waals surface area contributed by atoms with E-state index in [1.54, 1.807) is 24.3 Å². The zero-order chi connectivity index (χ0) is 67.6. The van der Waals surface area contributed by atoms with Gasteiger partial charge >= 0.3 is 12.1 Å². The number of nitrogens with one attached hydrogen (secondary N) is 4. The molecule has 0 saturated carbocycles. The smallest absolute Gasteiger partial charge is 0.480 e. The second-order valence-electron chi connectivity index (χ2n) is 21.9. The van der Waals surface area contributed by atoms with Gasteiger partial charge in [0, 0.05) is 29.6 Å². The Morgan fingerprint density at radius 3 is 1.66 bits per heavy atom. The maximum Gasteiger partial charge on any atom is 0.508 e. The summed E-state index contributed by atoms with van der Waals surface area (Å²) in [6, 6.07) is 13.3. The number of anilines is 3. The van der Waals surface area contributed by atoms with Gasteiger partial charge in [-0.05, 0) is 70.0 Å². The summed E-state index contributed by atoms with van der Waals surface area (Å²) in [5.41, 5.74) is 14.5. The van der Waals surface area contributed by atoms with Crippen molar-refractivity contribution < 1.29 is 85.8 Å². The number of aliphatic carboxylic acids is 1. The van der Waals surface area contributed by atoms with Crippen molar-refractivity contribution in [1.82, 2.24) is 45.1 Å². The largest absolute Gasteiger partial charge is 0.508 e. The number of nitrogens with two attached hydrogens (primary N) is 2. The first-order chi connectivity index (χ1) is 46.3. The van der Waals surface area contributed by atoms with E-state index in [0.29, 0.717) is 206 Å². The number of carbonyl (C=O) groups is 3. The average Bonchev–Trinajstić information content (AvgIpc) is 1.63. The van der Waals surface area contributed by atoms with E-state index < -0.39 is 35.2 Å². The molecule has 6 rings (SSSR count). The van der Waals surface area contributed by atoms with Gasteiger partial charge in [0.1, 0.15) is 29.6 Å². The average molecular weight is 1340 g/mol. The number of aromatic amines is 1. The Hall–Kier alpha value is -7.37. The summed E-state index contributed by atoms with van der Waals surface area (Å²) in [5, 5.41) is 19.6. The monoisotopic (exact) mass is 1340 g/mol. The van der Waals surface area contributed by atoms with Gasteiger partial charge in [-0.2, -0.15) is 4.98 Å². The Labute approximate surface area is 552 Å². The number of para-hydroxylation sites is 1. The minimum absolute atomic E-state index is 0.0375. The standard InChI is InChI=1S/C64H96N12O19/c1-4-5-12-53-73-54-56(50-9-6-7-10-51(50)71-57(54)65)76(53)46-64(2,3)95-63(81)94-43-42-93-41-40-92-39-38-91-37-36-90-35-34-89-33-32-88-31-30-87-29-28-86-27-26-85-25-24-84-23-22-83-21-20-82-19-18-67-17-8-11-52(61(79)80)72-59(77)47-13-15-48(16-14-47)68-44-49-45-69-58-55(70-49)60(78)75-62(66)74-58/h6-7,9-10,13-16,45,52,67-68H,4-5,8,11-12,17-44,46H2,1-3H3,(H2,65,71)(H,72,77)(H,79,80)(H3,66,69,74,75,78). The summed E-state index contributed by atoms with van der Waals surface area (Å²) in [4.78, 5) is 73.7. The fourth-order valence-electron chi connectivity index (χ4n) is 9.16. The number of benzene rings is 2. The molecule has 0 radical (unpaired) electrons. The minimum atomic E-state index is -1.12. The number of carboxylic acids is 1. The van der Waals surface area contributed by atoms with Crippen LogP contribution in [0.1, 0.15) is 68.3 Å². The summed E-state index contributed by atoms with van der Waals surface area (Å²) >= 11 is 0. The Morgan fingerprint density at radius 1 is 0.621 bits per heavy atom. The van der Waals surface area contributed by atoms with Crippen LogP contribution >= 0.6 is 0 Å². The number of aromatic nitrogens is 7. The number of ether oxygens (including phenoxy) is 14. The Bertz CT molecular complexity index is 3210. The Morgan fingerprint density at radius 2 is 1.14 bits per heavy atom. The van der Waals surface area contributed by atoms with Crippen molar-refractivity contribution in [2.45, 2.75) is 77.6 Å². The lowest BCUT2D eigenvalue weighted by molar-refractivity contribution is -0.139. The van der Waals surface area contributed by atoms with Gasteiger partial charge in [-0.3, -0.25) is 14.6 Å². The van der Waals surface area contributed by atoms with Crippen LogP contribution in [0.2, 0.25) is 0 Å². The molecule has 0 aliphatic carbocycles. The van der Waals surface area contributed by atoms with Gasteiger partial charge in [-0.25, -0.2) is 29.5 Å². The highest BCUT2D eigenvalue weighted by Crippen LogP contribution is 2.31. The van der Waals surface area contributed by atoms with Crippen molar-refractivity contribution in [2.24, 2.45) is 0 Å². The molecule has 0 bridgehead atoms. The molecule has 0 spiro atoms. The van der Waals surface area contributed by atoms with E-state index in [1.165, 1.54) is 6.20 Å². The molecule has 4 aromatic heterocycles. The molecule has 2 aromatic carbocycles. The molecule has 6 aromatic rings. The number of fused-ring (bicyclic) bond motifs is 4. The number of imidazole rings is 1. The molecule has 1 atom stereocenters. The van der Waals surface area contributed by atoms with Crippen molar-refractivity contribution in [3.05, 3.63) is 82.2 Å². The molecule has 95 heavy (non-hydrogen) atoms. The molecular formula is C64H96N12O19. The minimum Gasteiger partial charge on any atom is -0.480 e. The van der Waals surface area contributed by atoms with Crippen LogP contribution in [0.3, 0.4) is 0 Å². The Balaban J connectivity index is 0.602. The van der Waals surface area contributed by atoms with Gasteiger partial charge in [0.05, 0.1) is 195 Å². The van der Waals surface area contributed by atoms with E-state index in [2.05, 4.69) is 52.4 Å². The Kier molecular flexibility index (Phi) is 36.4. The second kappa shape index (κ2) is 45.1. The molecule has 526 valence electrons. The number of hydrogen-bond donors (Lipinski definition) is 7. The molecule has 9 N–H and O–H groups in total. The number of carboxylic acid groups (broad SMARTS) is 1. The van der Waals surface area contributed by atoms with E-state index in [0.717, 1.165) is 41.5 Å². The fourth-order valence-corrected chi connectivity index (χ4v) is 9.16. The van der Waals surface area contributed by atoms with Gasteiger partial charge in [0.25, 0.3) is 11.5 Å². The summed E-state index contributed by atoms with van der Waals surface area (Å²) in [7, 11) is 0. The first-order valence-corrected chi connectivity index (χ1v) is 32.2. The molecular weight excluding hydrogens is 1240 g/mol. The fraction of sp³-hybridized carbons (Fsp3) is 0.609. The third kappa shape index (κ3) is 30.1. The number of rotatable bonds is 55. The number of nitrogen functional groups attached to an aromatic ring is 2. The lowest BCUT2D eigenvalue weighted by atomic mass is 10.1. The van der Waals surface area contributed by atoms with E-state index in [4.69, 9.17) is 82.8 Å². The van der Waals surface area contributed by atoms with E-state index in [-0.39, 0.29) is 43.3 Å². The van der Waals surface area contributed by atoms with Crippen LogP contribution in [0, 0.1) is 0 Å². The highest BCUT2D eigenvalue weighted by molar-refractivity contribution is 6.06. The summed E-state index contributed by atoms with van der Waals surface area (Å²) in [6.45, 7) is 17.7. The van der Waals surface area contributed by atoms with Gasteiger partial charge in [-0.1, -0.05) is 31.5 Å². The third-order valence-corrected chi connectivity index (χ3v) is 13.9. The molecule has 1 amide bonds. The highest BCUT2D eigenvalue weighted by atomic mass is 16.7. The molecule has 0 aliphatic heterocycles. The van der Waals surface area contributed by atoms with Crippen LogP contribution in [0.15, 0.2) is 59.5 Å². The molecule has 4 heterocycles. The molecule has 31 nitrogen and oxygen atoms in total. The number of nitrogens with zero attached hydrogens (tertiary/aromatic N) is 6. The number of aryl methyl sites for hydroxylation is 1. The number of unbranched alkanes of at least 4 members (excludes halogenated alkanes) is 1. The first kappa shape index (κ1) is 76.6. The molecule has 1 unspecified atom stereocenters. The van der Waals surface area contributed by atoms with Crippen LogP contribution < -0.4 is 33.0 Å². The summed E-state index contributed by atoms with van der Waals surface area (Å²) in [5.74, 6) is -0.434.